The molecule has 1 aromatic carbocycles. The van der Waals surface area contributed by atoms with Crippen LogP contribution < -0.4 is 0 Å². The molecule has 0 aromatic heterocycles. The average molecular weight is 482 g/mol. The molecule has 2 aliphatic carbocycles. The van der Waals surface area contributed by atoms with Crippen molar-refractivity contribution in [1.82, 2.24) is 0 Å². The maximum Gasteiger partial charge on any atom is 0.432 e. The van der Waals surface area contributed by atoms with E-state index >= 15 is 0 Å². The number of hydrogen-bond donors (Lipinski definition) is 0. The lowest BCUT2D eigenvalue weighted by Crippen LogP contribution is -2.62. The fourth-order valence-corrected chi connectivity index (χ4v) is 7.04. The zero-order chi connectivity index (χ0) is 24.7. The van der Waals surface area contributed by atoms with Crippen LogP contribution in [-0.2, 0) is 34.1 Å². The van der Waals surface area contributed by atoms with Gasteiger partial charge in [0.1, 0.15) is 23.4 Å². The number of esters is 2. The van der Waals surface area contributed by atoms with Gasteiger partial charge in [0.2, 0.25) is 0 Å². The molecule has 2 heterocycles. The van der Waals surface area contributed by atoms with Gasteiger partial charge in [-0.15, -0.1) is 0 Å². The minimum atomic E-state index is -5.06. The first-order valence-electron chi connectivity index (χ1n) is 11.7. The summed E-state index contributed by atoms with van der Waals surface area (Å²) in [6.07, 6.45) is -3.97. The summed E-state index contributed by atoms with van der Waals surface area (Å²) in [4.78, 5) is 25.7. The van der Waals surface area contributed by atoms with E-state index in [-0.39, 0.29) is 28.8 Å². The van der Waals surface area contributed by atoms with E-state index in [0.29, 0.717) is 12.8 Å². The molecule has 1 aromatic rings. The number of carbonyl (C=O) groups excluding carboxylic acids is 2. The van der Waals surface area contributed by atoms with Crippen LogP contribution in [-0.4, -0.2) is 48.6 Å². The first-order valence-corrected chi connectivity index (χ1v) is 11.7. The molecule has 0 N–H and O–H groups in total. The van der Waals surface area contributed by atoms with E-state index < -0.39 is 41.2 Å². The summed E-state index contributed by atoms with van der Waals surface area (Å²) in [5, 5.41) is 0. The molecule has 0 radical (unpaired) electrons. The van der Waals surface area contributed by atoms with Crippen LogP contribution in [0.2, 0.25) is 0 Å². The van der Waals surface area contributed by atoms with Crippen molar-refractivity contribution in [3.63, 3.8) is 0 Å². The Morgan fingerprint density at radius 3 is 2.38 bits per heavy atom. The van der Waals surface area contributed by atoms with Crippen molar-refractivity contribution in [2.45, 2.75) is 81.6 Å². The summed E-state index contributed by atoms with van der Waals surface area (Å²) in [6, 6.07) is 6.76. The van der Waals surface area contributed by atoms with Gasteiger partial charge in [0.05, 0.1) is 5.92 Å². The van der Waals surface area contributed by atoms with E-state index in [1.54, 1.807) is 13.0 Å². The molecule has 2 aliphatic heterocycles. The standard InChI is InChI=1S/C25H29F3O6/c1-14-16-10-12-21(2)13-11-17(22(3)24(21,34-22)18(16)33-19(14)29)32-20(30)23(31-4,25(26,27)28)15-8-6-5-7-9-15/h5-9,14,16-18H,10-13H2,1-4H3/t14-,16-,17+,18-,21-,22-,23-,24+/m1/s1. The van der Waals surface area contributed by atoms with Crippen LogP contribution in [0.25, 0.3) is 0 Å². The molecule has 4 fully saturated rings. The molecule has 0 unspecified atom stereocenters. The van der Waals surface area contributed by atoms with Crippen LogP contribution in [0.5, 0.6) is 0 Å². The van der Waals surface area contributed by atoms with Crippen molar-refractivity contribution >= 4 is 11.9 Å². The highest BCUT2D eigenvalue weighted by atomic mass is 19.4. The van der Waals surface area contributed by atoms with Crippen LogP contribution in [0.4, 0.5) is 13.2 Å². The minimum absolute atomic E-state index is 0.0330. The molecular weight excluding hydrogens is 453 g/mol. The molecule has 4 aliphatic rings. The molecule has 8 atom stereocenters. The smallest absolute Gasteiger partial charge is 0.432 e. The second kappa shape index (κ2) is 7.20. The second-order valence-electron chi connectivity index (χ2n) is 10.5. The summed E-state index contributed by atoms with van der Waals surface area (Å²) in [5.74, 6) is -2.12. The third kappa shape index (κ3) is 2.71. The van der Waals surface area contributed by atoms with Crippen LogP contribution in [0.3, 0.4) is 0 Å². The number of benzene rings is 1. The normalized spacial score (nSPS) is 42.5. The number of hydrogen-bond acceptors (Lipinski definition) is 6. The molecule has 34 heavy (non-hydrogen) atoms. The number of methoxy groups -OCH3 is 1. The molecular formula is C25H29F3O6. The van der Waals surface area contributed by atoms with Crippen LogP contribution in [0, 0.1) is 17.3 Å². The van der Waals surface area contributed by atoms with Gasteiger partial charge < -0.3 is 18.9 Å². The summed E-state index contributed by atoms with van der Waals surface area (Å²) in [7, 11) is 0.849. The Balaban J connectivity index is 1.48. The second-order valence-corrected chi connectivity index (χ2v) is 10.5. The van der Waals surface area contributed by atoms with Gasteiger partial charge in [-0.3, -0.25) is 4.79 Å². The zero-order valence-corrected chi connectivity index (χ0v) is 19.6. The van der Waals surface area contributed by atoms with E-state index in [0.717, 1.165) is 20.0 Å². The maximum atomic E-state index is 14.3. The number of ether oxygens (including phenoxy) is 4. The monoisotopic (exact) mass is 482 g/mol. The lowest BCUT2D eigenvalue weighted by Gasteiger charge is -2.50. The first kappa shape index (κ1) is 23.6. The van der Waals surface area contributed by atoms with Gasteiger partial charge in [0, 0.05) is 24.0 Å². The van der Waals surface area contributed by atoms with E-state index in [4.69, 9.17) is 18.9 Å². The van der Waals surface area contributed by atoms with E-state index in [1.165, 1.54) is 24.3 Å². The van der Waals surface area contributed by atoms with Crippen molar-refractivity contribution < 1.29 is 41.7 Å². The van der Waals surface area contributed by atoms with Crippen LogP contribution >= 0.6 is 0 Å². The van der Waals surface area contributed by atoms with Gasteiger partial charge in [-0.2, -0.15) is 13.2 Å². The van der Waals surface area contributed by atoms with Crippen molar-refractivity contribution in [2.24, 2.45) is 17.3 Å². The Bertz CT molecular complexity index is 1010. The number of halogens is 3. The summed E-state index contributed by atoms with van der Waals surface area (Å²) in [5.41, 5.74) is -5.92. The Hall–Kier alpha value is -2.13. The lowest BCUT2D eigenvalue weighted by molar-refractivity contribution is -0.279. The fraction of sp³-hybridized carbons (Fsp3) is 0.680. The maximum absolute atomic E-state index is 14.3. The van der Waals surface area contributed by atoms with Crippen molar-refractivity contribution in [3.8, 4) is 0 Å². The fourth-order valence-electron chi connectivity index (χ4n) is 7.04. The van der Waals surface area contributed by atoms with Gasteiger partial charge in [-0.25, -0.2) is 4.79 Å². The minimum Gasteiger partial charge on any atom is -0.459 e. The van der Waals surface area contributed by atoms with Gasteiger partial charge in [0.25, 0.3) is 5.60 Å². The number of carbonyl (C=O) groups is 2. The molecule has 0 bridgehead atoms. The number of rotatable bonds is 4. The highest BCUT2D eigenvalue weighted by Gasteiger charge is 2.87. The molecule has 1 spiro atoms. The largest absolute Gasteiger partial charge is 0.459 e. The molecule has 186 valence electrons. The number of epoxide rings is 1. The quantitative estimate of drug-likeness (QED) is 0.471. The number of fused-ring (bicyclic) bond motifs is 1. The van der Waals surface area contributed by atoms with E-state index in [2.05, 4.69) is 6.92 Å². The predicted octanol–water partition coefficient (Wildman–Crippen LogP) is 4.30. The number of alkyl halides is 3. The SMILES string of the molecule is CO[C@@](C(=O)O[C@H]1CC[C@@]2(C)CC[C@H]3[C@@H](OC(=O)[C@@H]3C)[C@]23O[C@]13C)(c1ccccc1)C(F)(F)F. The van der Waals surface area contributed by atoms with Crippen molar-refractivity contribution in [1.29, 1.82) is 0 Å². The first-order chi connectivity index (χ1) is 15.9. The molecule has 5 rings (SSSR count). The van der Waals surface area contributed by atoms with Crippen LogP contribution in [0.15, 0.2) is 30.3 Å². The molecule has 6 nitrogen and oxygen atoms in total. The highest BCUT2D eigenvalue weighted by Crippen LogP contribution is 2.73. The highest BCUT2D eigenvalue weighted by molar-refractivity contribution is 5.83. The van der Waals surface area contributed by atoms with Gasteiger partial charge in [0.15, 0.2) is 0 Å². The Kier molecular flexibility index (Phi) is 5.00. The predicted molar refractivity (Wildman–Crippen MR) is 112 cm³/mol. The van der Waals surface area contributed by atoms with Crippen molar-refractivity contribution in [2.75, 3.05) is 7.11 Å². The summed E-state index contributed by atoms with van der Waals surface area (Å²) >= 11 is 0. The van der Waals surface area contributed by atoms with Gasteiger partial charge >= 0.3 is 18.1 Å². The van der Waals surface area contributed by atoms with Crippen molar-refractivity contribution in [3.05, 3.63) is 35.9 Å². The van der Waals surface area contributed by atoms with E-state index in [9.17, 15) is 22.8 Å². The van der Waals surface area contributed by atoms with E-state index in [1.807, 2.05) is 6.92 Å². The molecule has 2 saturated heterocycles. The zero-order valence-electron chi connectivity index (χ0n) is 19.6. The Morgan fingerprint density at radius 1 is 1.12 bits per heavy atom. The Labute approximate surface area is 196 Å². The Morgan fingerprint density at radius 2 is 1.76 bits per heavy atom. The molecule has 2 saturated carbocycles. The average Bonchev–Trinajstić information content (AvgIpc) is 3.34. The van der Waals surface area contributed by atoms with Crippen LogP contribution in [0.1, 0.15) is 52.0 Å². The summed E-state index contributed by atoms with van der Waals surface area (Å²) in [6.45, 7) is 5.66. The third-order valence-corrected chi connectivity index (χ3v) is 9.04. The van der Waals surface area contributed by atoms with Gasteiger partial charge in [-0.05, 0) is 32.6 Å². The third-order valence-electron chi connectivity index (χ3n) is 9.04. The lowest BCUT2D eigenvalue weighted by atomic mass is 9.52. The van der Waals surface area contributed by atoms with Gasteiger partial charge in [-0.1, -0.05) is 44.2 Å². The molecule has 0 amide bonds. The topological polar surface area (TPSA) is 74.4 Å². The summed E-state index contributed by atoms with van der Waals surface area (Å²) < 4.78 is 65.7. The molecule has 9 heteroatoms.